The van der Waals surface area contributed by atoms with E-state index in [1.54, 1.807) is 23.0 Å². The van der Waals surface area contributed by atoms with Crippen molar-refractivity contribution in [3.8, 4) is 16.9 Å². The number of aromatic nitrogens is 3. The molecule has 5 nitrogen and oxygen atoms in total. The number of aryl methyl sites for hydroxylation is 1. The van der Waals surface area contributed by atoms with Crippen LogP contribution in [0.1, 0.15) is 27.2 Å². The van der Waals surface area contributed by atoms with Crippen molar-refractivity contribution in [2.45, 2.75) is 19.6 Å². The topological polar surface area (TPSA) is 59.8 Å². The van der Waals surface area contributed by atoms with Crippen molar-refractivity contribution in [2.24, 2.45) is 0 Å². The molecule has 4 aromatic rings. The molecule has 0 saturated heterocycles. The van der Waals surface area contributed by atoms with Gasteiger partial charge in [0.05, 0.1) is 29.1 Å². The third kappa shape index (κ3) is 4.92. The van der Waals surface area contributed by atoms with E-state index >= 15 is 0 Å². The van der Waals surface area contributed by atoms with Gasteiger partial charge in [-0.2, -0.15) is 18.3 Å². The molecule has 1 amide bonds. The number of hydrogen-bond donors (Lipinski definition) is 1. The maximum atomic E-state index is 14.1. The molecule has 2 aromatic carbocycles. The predicted molar refractivity (Wildman–Crippen MR) is 114 cm³/mol. The highest BCUT2D eigenvalue weighted by atomic mass is 19.4. The van der Waals surface area contributed by atoms with E-state index in [2.05, 4.69) is 15.4 Å². The van der Waals surface area contributed by atoms with Gasteiger partial charge in [0.2, 0.25) is 0 Å². The van der Waals surface area contributed by atoms with Crippen LogP contribution in [0.2, 0.25) is 0 Å². The zero-order valence-electron chi connectivity index (χ0n) is 17.4. The predicted octanol–water partition coefficient (Wildman–Crippen LogP) is 5.33. The molecule has 9 heteroatoms. The fourth-order valence-corrected chi connectivity index (χ4v) is 3.19. The Morgan fingerprint density at radius 3 is 2.39 bits per heavy atom. The van der Waals surface area contributed by atoms with E-state index in [0.29, 0.717) is 23.5 Å². The molecular formula is C24H18F4N4O. The van der Waals surface area contributed by atoms with Gasteiger partial charge in [-0.3, -0.25) is 9.78 Å². The minimum atomic E-state index is -4.70. The second-order valence-corrected chi connectivity index (χ2v) is 7.37. The van der Waals surface area contributed by atoms with Gasteiger partial charge in [-0.25, -0.2) is 9.07 Å². The van der Waals surface area contributed by atoms with Crippen molar-refractivity contribution in [1.29, 1.82) is 0 Å². The fourth-order valence-electron chi connectivity index (χ4n) is 3.19. The summed E-state index contributed by atoms with van der Waals surface area (Å²) in [5.41, 5.74) is 1.66. The maximum Gasteiger partial charge on any atom is 0.417 e. The number of nitrogens with one attached hydrogen (secondary N) is 1. The van der Waals surface area contributed by atoms with Crippen LogP contribution in [0.15, 0.2) is 73.1 Å². The molecule has 0 bridgehead atoms. The first-order chi connectivity index (χ1) is 15.7. The van der Waals surface area contributed by atoms with E-state index in [9.17, 15) is 22.4 Å². The third-order valence-electron chi connectivity index (χ3n) is 4.97. The number of alkyl halides is 3. The molecule has 168 valence electrons. The Hall–Kier alpha value is -4.01. The van der Waals surface area contributed by atoms with Crippen molar-refractivity contribution in [3.05, 3.63) is 101 Å². The highest BCUT2D eigenvalue weighted by Crippen LogP contribution is 2.29. The van der Waals surface area contributed by atoms with Crippen molar-refractivity contribution < 1.29 is 22.4 Å². The van der Waals surface area contributed by atoms with Gasteiger partial charge >= 0.3 is 6.18 Å². The summed E-state index contributed by atoms with van der Waals surface area (Å²) < 4.78 is 53.8. The van der Waals surface area contributed by atoms with Crippen LogP contribution >= 0.6 is 0 Å². The normalized spacial score (nSPS) is 11.4. The van der Waals surface area contributed by atoms with Crippen molar-refractivity contribution in [1.82, 2.24) is 20.1 Å². The van der Waals surface area contributed by atoms with Crippen LogP contribution in [0.4, 0.5) is 17.6 Å². The number of hydrogen-bond acceptors (Lipinski definition) is 3. The van der Waals surface area contributed by atoms with Gasteiger partial charge in [0.1, 0.15) is 11.5 Å². The maximum absolute atomic E-state index is 14.1. The second kappa shape index (κ2) is 8.85. The number of carbonyl (C=O) groups excluding carboxylic acids is 1. The number of rotatable bonds is 5. The Morgan fingerprint density at radius 1 is 1.06 bits per heavy atom. The summed E-state index contributed by atoms with van der Waals surface area (Å²) in [4.78, 5) is 16.5. The number of carbonyl (C=O) groups is 1. The minimum Gasteiger partial charge on any atom is -0.346 e. The monoisotopic (exact) mass is 454 g/mol. The number of halogens is 4. The lowest BCUT2D eigenvalue weighted by Gasteiger charge is -2.09. The molecule has 0 aliphatic carbocycles. The summed E-state index contributed by atoms with van der Waals surface area (Å²) in [5.74, 6) is -1.71. The summed E-state index contributed by atoms with van der Waals surface area (Å²) in [6.45, 7) is 1.57. The van der Waals surface area contributed by atoms with Crippen LogP contribution in [0, 0.1) is 12.7 Å². The Kier molecular flexibility index (Phi) is 5.95. The van der Waals surface area contributed by atoms with Gasteiger partial charge in [0, 0.05) is 18.0 Å². The fraction of sp³-hybridized carbons (Fsp3) is 0.125. The second-order valence-electron chi connectivity index (χ2n) is 7.37. The SMILES string of the molecule is Cc1ccc(-n2cc(C(=O)NCc3ncc(C(F)(F)F)cc3F)c(-c3ccccc3)n2)cc1. The summed E-state index contributed by atoms with van der Waals surface area (Å²) in [5, 5.41) is 7.08. The molecule has 0 unspecified atom stereocenters. The molecule has 0 spiro atoms. The molecule has 0 fully saturated rings. The smallest absolute Gasteiger partial charge is 0.346 e. The third-order valence-corrected chi connectivity index (χ3v) is 4.97. The van der Waals surface area contributed by atoms with Crippen LogP contribution in [0.5, 0.6) is 0 Å². The van der Waals surface area contributed by atoms with E-state index in [4.69, 9.17) is 0 Å². The van der Waals surface area contributed by atoms with Crippen LogP contribution in [-0.2, 0) is 12.7 Å². The van der Waals surface area contributed by atoms with Gasteiger partial charge < -0.3 is 5.32 Å². The minimum absolute atomic E-state index is 0.231. The quantitative estimate of drug-likeness (QED) is 0.415. The largest absolute Gasteiger partial charge is 0.417 e. The number of pyridine rings is 1. The van der Waals surface area contributed by atoms with Crippen LogP contribution in [-0.4, -0.2) is 20.7 Å². The Labute approximate surface area is 186 Å². The van der Waals surface area contributed by atoms with E-state index in [0.717, 1.165) is 11.3 Å². The number of amides is 1. The van der Waals surface area contributed by atoms with E-state index in [1.807, 2.05) is 49.4 Å². The molecule has 0 atom stereocenters. The average Bonchev–Trinajstić information content (AvgIpc) is 3.24. The highest BCUT2D eigenvalue weighted by molar-refractivity contribution is 5.99. The first-order valence-corrected chi connectivity index (χ1v) is 9.94. The van der Waals surface area contributed by atoms with Crippen molar-refractivity contribution in [3.63, 3.8) is 0 Å². The van der Waals surface area contributed by atoms with Gasteiger partial charge in [0.15, 0.2) is 0 Å². The molecule has 0 saturated carbocycles. The summed E-state index contributed by atoms with van der Waals surface area (Å²) in [7, 11) is 0. The first-order valence-electron chi connectivity index (χ1n) is 9.94. The zero-order valence-corrected chi connectivity index (χ0v) is 17.4. The molecular weight excluding hydrogens is 436 g/mol. The van der Waals surface area contributed by atoms with Crippen molar-refractivity contribution >= 4 is 5.91 Å². The highest BCUT2D eigenvalue weighted by Gasteiger charge is 2.32. The Balaban J connectivity index is 1.62. The molecule has 2 aromatic heterocycles. The molecule has 0 aliphatic rings. The van der Waals surface area contributed by atoms with Crippen LogP contribution < -0.4 is 5.32 Å². The first kappa shape index (κ1) is 22.2. The van der Waals surface area contributed by atoms with Crippen LogP contribution in [0.3, 0.4) is 0 Å². The molecule has 33 heavy (non-hydrogen) atoms. The standard InChI is InChI=1S/C24H18F4N4O/c1-15-7-9-18(10-8-15)32-14-19(22(31-32)16-5-3-2-4-6-16)23(33)30-13-21-20(25)11-17(12-29-21)24(26,27)28/h2-12,14H,13H2,1H3,(H,30,33). The molecule has 1 N–H and O–H groups in total. The molecule has 0 aliphatic heterocycles. The van der Waals surface area contributed by atoms with Crippen LogP contribution in [0.25, 0.3) is 16.9 Å². The zero-order chi connectivity index (χ0) is 23.6. The Morgan fingerprint density at radius 2 is 1.76 bits per heavy atom. The molecule has 4 rings (SSSR count). The summed E-state index contributed by atoms with van der Waals surface area (Å²) in [6.07, 6.45) is -2.61. The number of nitrogens with zero attached hydrogens (tertiary/aromatic N) is 3. The average molecular weight is 454 g/mol. The van der Waals surface area contributed by atoms with Gasteiger partial charge in [-0.05, 0) is 25.1 Å². The molecule has 0 radical (unpaired) electrons. The lowest BCUT2D eigenvalue weighted by molar-refractivity contribution is -0.138. The van der Waals surface area contributed by atoms with Crippen molar-refractivity contribution in [2.75, 3.05) is 0 Å². The van der Waals surface area contributed by atoms with E-state index < -0.39 is 23.5 Å². The van der Waals surface area contributed by atoms with E-state index in [-0.39, 0.29) is 17.8 Å². The lowest BCUT2D eigenvalue weighted by atomic mass is 10.1. The Bertz CT molecular complexity index is 1280. The van der Waals surface area contributed by atoms with Gasteiger partial charge in [-0.1, -0.05) is 48.0 Å². The van der Waals surface area contributed by atoms with Gasteiger partial charge in [0.25, 0.3) is 5.91 Å². The van der Waals surface area contributed by atoms with E-state index in [1.165, 1.54) is 0 Å². The molecule has 2 heterocycles. The number of benzene rings is 2. The summed E-state index contributed by atoms with van der Waals surface area (Å²) in [6, 6.07) is 17.0. The van der Waals surface area contributed by atoms with Gasteiger partial charge in [-0.15, -0.1) is 0 Å². The summed E-state index contributed by atoms with van der Waals surface area (Å²) >= 11 is 0. The lowest BCUT2D eigenvalue weighted by Crippen LogP contribution is -2.24.